The fourth-order valence-electron chi connectivity index (χ4n) is 3.75. The molecule has 4 rings (SSSR count). The van der Waals surface area contributed by atoms with Crippen LogP contribution in [0, 0.1) is 0 Å². The topological polar surface area (TPSA) is 58.6 Å². The highest BCUT2D eigenvalue weighted by molar-refractivity contribution is 7.90. The lowest BCUT2D eigenvalue weighted by molar-refractivity contribution is 0.161. The van der Waals surface area contributed by atoms with Crippen molar-refractivity contribution in [2.75, 3.05) is 30.8 Å². The Kier molecular flexibility index (Phi) is 4.63. The van der Waals surface area contributed by atoms with Gasteiger partial charge in [0.15, 0.2) is 9.84 Å². The Hall–Kier alpha value is -2.05. The van der Waals surface area contributed by atoms with Crippen LogP contribution in [0.1, 0.15) is 18.4 Å². The second kappa shape index (κ2) is 6.93. The molecule has 26 heavy (non-hydrogen) atoms. The quantitative estimate of drug-likeness (QED) is 0.894. The van der Waals surface area contributed by atoms with Crippen molar-refractivity contribution in [2.45, 2.75) is 30.3 Å². The van der Waals surface area contributed by atoms with Gasteiger partial charge in [0.05, 0.1) is 4.90 Å². The van der Waals surface area contributed by atoms with Gasteiger partial charge in [-0.3, -0.25) is 0 Å². The Bertz CT molecular complexity index is 888. The van der Waals surface area contributed by atoms with Crippen molar-refractivity contribution in [1.82, 2.24) is 5.32 Å². The number of benzene rings is 2. The predicted octanol–water partition coefficient (Wildman–Crippen LogP) is 2.92. The SMILES string of the molecule is CS(=O)(=O)c1ccc(N2CCc3c(OC4CCNCC4)cccc32)cc1. The van der Waals surface area contributed by atoms with Crippen LogP contribution < -0.4 is 15.0 Å². The monoisotopic (exact) mass is 372 g/mol. The van der Waals surface area contributed by atoms with Gasteiger partial charge in [0.1, 0.15) is 11.9 Å². The Labute approximate surface area is 154 Å². The van der Waals surface area contributed by atoms with Crippen molar-refractivity contribution in [3.05, 3.63) is 48.0 Å². The molecule has 138 valence electrons. The number of hydrogen-bond donors (Lipinski definition) is 1. The molecule has 2 aliphatic heterocycles. The third-order valence-electron chi connectivity index (χ3n) is 5.14. The van der Waals surface area contributed by atoms with Gasteiger partial charge in [0.2, 0.25) is 0 Å². The Balaban J connectivity index is 1.59. The minimum Gasteiger partial charge on any atom is -0.490 e. The molecule has 0 saturated carbocycles. The number of fused-ring (bicyclic) bond motifs is 1. The summed E-state index contributed by atoms with van der Waals surface area (Å²) in [7, 11) is -3.17. The van der Waals surface area contributed by atoms with Gasteiger partial charge in [-0.25, -0.2) is 8.42 Å². The first-order chi connectivity index (χ1) is 12.5. The van der Waals surface area contributed by atoms with Crippen molar-refractivity contribution < 1.29 is 13.2 Å². The highest BCUT2D eigenvalue weighted by atomic mass is 32.2. The summed E-state index contributed by atoms with van der Waals surface area (Å²) in [6.45, 7) is 2.90. The summed E-state index contributed by atoms with van der Waals surface area (Å²) in [5, 5.41) is 3.37. The average molecular weight is 372 g/mol. The second-order valence-corrected chi connectivity index (χ2v) is 9.00. The molecular formula is C20H24N2O3S. The molecule has 1 fully saturated rings. The average Bonchev–Trinajstić information content (AvgIpc) is 3.07. The minimum atomic E-state index is -3.17. The minimum absolute atomic E-state index is 0.283. The molecule has 2 heterocycles. The molecule has 2 aliphatic rings. The van der Waals surface area contributed by atoms with E-state index in [1.165, 1.54) is 11.8 Å². The third kappa shape index (κ3) is 3.44. The number of sulfone groups is 1. The van der Waals surface area contributed by atoms with Gasteiger partial charge < -0.3 is 15.0 Å². The van der Waals surface area contributed by atoms with E-state index in [0.717, 1.165) is 56.0 Å². The van der Waals surface area contributed by atoms with Gasteiger partial charge in [-0.15, -0.1) is 0 Å². The van der Waals surface area contributed by atoms with E-state index in [2.05, 4.69) is 22.3 Å². The summed E-state index contributed by atoms with van der Waals surface area (Å²) in [6, 6.07) is 13.3. The molecule has 0 radical (unpaired) electrons. The maximum Gasteiger partial charge on any atom is 0.175 e. The summed E-state index contributed by atoms with van der Waals surface area (Å²) in [5.41, 5.74) is 3.41. The zero-order valence-corrected chi connectivity index (χ0v) is 15.8. The molecule has 0 bridgehead atoms. The normalized spacial score (nSPS) is 18.0. The first-order valence-electron chi connectivity index (χ1n) is 9.09. The van der Waals surface area contributed by atoms with Crippen molar-refractivity contribution in [3.8, 4) is 5.75 Å². The molecule has 0 spiro atoms. The van der Waals surface area contributed by atoms with Crippen LogP contribution in [0.25, 0.3) is 0 Å². The van der Waals surface area contributed by atoms with E-state index in [0.29, 0.717) is 4.90 Å². The van der Waals surface area contributed by atoms with E-state index in [1.807, 2.05) is 18.2 Å². The lowest BCUT2D eigenvalue weighted by Crippen LogP contribution is -2.34. The molecule has 1 N–H and O–H groups in total. The number of anilines is 2. The highest BCUT2D eigenvalue weighted by Crippen LogP contribution is 2.40. The molecule has 0 aromatic heterocycles. The highest BCUT2D eigenvalue weighted by Gasteiger charge is 2.25. The van der Waals surface area contributed by atoms with Gasteiger partial charge in [0, 0.05) is 29.7 Å². The van der Waals surface area contributed by atoms with Gasteiger partial charge in [0.25, 0.3) is 0 Å². The van der Waals surface area contributed by atoms with Gasteiger partial charge in [-0.05, 0) is 68.8 Å². The van der Waals surface area contributed by atoms with Crippen LogP contribution in [0.2, 0.25) is 0 Å². The molecule has 5 nitrogen and oxygen atoms in total. The summed E-state index contributed by atoms with van der Waals surface area (Å²) in [6.07, 6.45) is 4.54. The summed E-state index contributed by atoms with van der Waals surface area (Å²) < 4.78 is 29.6. The molecule has 6 heteroatoms. The van der Waals surface area contributed by atoms with Crippen LogP contribution in [0.15, 0.2) is 47.4 Å². The van der Waals surface area contributed by atoms with Crippen LogP contribution >= 0.6 is 0 Å². The van der Waals surface area contributed by atoms with Crippen LogP contribution in [0.3, 0.4) is 0 Å². The fraction of sp³-hybridized carbons (Fsp3) is 0.400. The van der Waals surface area contributed by atoms with Crippen molar-refractivity contribution in [3.63, 3.8) is 0 Å². The molecule has 1 saturated heterocycles. The number of piperidine rings is 1. The molecule has 2 aromatic rings. The standard InChI is InChI=1S/C20H24N2O3S/c1-26(23,24)17-7-5-15(6-8-17)22-14-11-18-19(22)3-2-4-20(18)25-16-9-12-21-13-10-16/h2-8,16,21H,9-14H2,1H3. The summed E-state index contributed by atoms with van der Waals surface area (Å²) in [5.74, 6) is 0.990. The zero-order chi connectivity index (χ0) is 18.1. The zero-order valence-electron chi connectivity index (χ0n) is 14.9. The van der Waals surface area contributed by atoms with E-state index >= 15 is 0 Å². The molecule has 0 aliphatic carbocycles. The Morgan fingerprint density at radius 2 is 1.81 bits per heavy atom. The Morgan fingerprint density at radius 3 is 2.50 bits per heavy atom. The van der Waals surface area contributed by atoms with Crippen LogP contribution in [0.4, 0.5) is 11.4 Å². The molecular weight excluding hydrogens is 348 g/mol. The van der Waals surface area contributed by atoms with Gasteiger partial charge in [-0.2, -0.15) is 0 Å². The molecule has 0 amide bonds. The van der Waals surface area contributed by atoms with Gasteiger partial charge in [-0.1, -0.05) is 6.07 Å². The number of ether oxygens (including phenoxy) is 1. The number of nitrogens with zero attached hydrogens (tertiary/aromatic N) is 1. The predicted molar refractivity (Wildman–Crippen MR) is 103 cm³/mol. The number of nitrogens with one attached hydrogen (secondary N) is 1. The first-order valence-corrected chi connectivity index (χ1v) is 11.0. The molecule has 0 unspecified atom stereocenters. The van der Waals surface area contributed by atoms with Crippen molar-refractivity contribution >= 4 is 21.2 Å². The lowest BCUT2D eigenvalue weighted by Gasteiger charge is -2.25. The third-order valence-corrected chi connectivity index (χ3v) is 6.27. The van der Waals surface area contributed by atoms with Gasteiger partial charge >= 0.3 is 0 Å². The molecule has 0 atom stereocenters. The first kappa shape index (κ1) is 17.4. The lowest BCUT2D eigenvalue weighted by atomic mass is 10.1. The smallest absolute Gasteiger partial charge is 0.175 e. The Morgan fingerprint density at radius 1 is 1.08 bits per heavy atom. The maximum absolute atomic E-state index is 11.7. The largest absolute Gasteiger partial charge is 0.490 e. The fourth-order valence-corrected chi connectivity index (χ4v) is 4.38. The number of rotatable bonds is 4. The van der Waals surface area contributed by atoms with Crippen LogP contribution in [-0.4, -0.2) is 40.4 Å². The van der Waals surface area contributed by atoms with Crippen molar-refractivity contribution in [2.24, 2.45) is 0 Å². The number of hydrogen-bond acceptors (Lipinski definition) is 5. The van der Waals surface area contributed by atoms with Crippen LogP contribution in [0.5, 0.6) is 5.75 Å². The van der Waals surface area contributed by atoms with E-state index in [4.69, 9.17) is 4.74 Å². The van der Waals surface area contributed by atoms with Crippen LogP contribution in [-0.2, 0) is 16.3 Å². The van der Waals surface area contributed by atoms with E-state index in [1.54, 1.807) is 12.1 Å². The van der Waals surface area contributed by atoms with E-state index in [9.17, 15) is 8.42 Å². The van der Waals surface area contributed by atoms with E-state index in [-0.39, 0.29) is 6.10 Å². The summed E-state index contributed by atoms with van der Waals surface area (Å²) >= 11 is 0. The molecule has 2 aromatic carbocycles. The second-order valence-electron chi connectivity index (χ2n) is 6.99. The van der Waals surface area contributed by atoms with E-state index < -0.39 is 9.84 Å². The summed E-state index contributed by atoms with van der Waals surface area (Å²) in [4.78, 5) is 2.58. The maximum atomic E-state index is 11.7. The van der Waals surface area contributed by atoms with Crippen molar-refractivity contribution in [1.29, 1.82) is 0 Å².